The van der Waals surface area contributed by atoms with Crippen molar-refractivity contribution in [2.75, 3.05) is 7.05 Å². The molecular weight excluding hydrogens is 556 g/mol. The molecular formula is C22H19Cl2F3N6O3S. The Kier molecular flexibility index (Phi) is 6.99. The molecule has 15 heteroatoms. The Morgan fingerprint density at radius 3 is 2.57 bits per heavy atom. The lowest BCUT2D eigenvalue weighted by Crippen LogP contribution is -2.46. The first kappa shape index (κ1) is 26.9. The number of aryl methyl sites for hydroxylation is 1. The lowest BCUT2D eigenvalue weighted by molar-refractivity contribution is -0.137. The van der Waals surface area contributed by atoms with E-state index < -0.39 is 40.2 Å². The number of aromatic amines is 1. The van der Waals surface area contributed by atoms with E-state index in [9.17, 15) is 27.6 Å². The fourth-order valence-electron chi connectivity index (χ4n) is 4.20. The minimum absolute atomic E-state index is 0.0649. The van der Waals surface area contributed by atoms with Crippen LogP contribution in [0.2, 0.25) is 10.0 Å². The maximum atomic E-state index is 13.5. The summed E-state index contributed by atoms with van der Waals surface area (Å²) in [6.07, 6.45) is -4.64. The number of H-pyrrole nitrogens is 1. The molecule has 1 aliphatic rings. The third-order valence-corrected chi connectivity index (χ3v) is 7.00. The van der Waals surface area contributed by atoms with E-state index in [1.54, 1.807) is 6.92 Å². The van der Waals surface area contributed by atoms with Gasteiger partial charge in [-0.2, -0.15) is 18.3 Å². The van der Waals surface area contributed by atoms with Crippen LogP contribution < -0.4 is 10.9 Å². The molecule has 2 amide bonds. The van der Waals surface area contributed by atoms with Gasteiger partial charge in [0.2, 0.25) is 0 Å². The number of rotatable bonds is 3. The van der Waals surface area contributed by atoms with Gasteiger partial charge in [-0.05, 0) is 43.8 Å². The Hall–Kier alpha value is -3.16. The molecule has 2 aromatic heterocycles. The van der Waals surface area contributed by atoms with Crippen LogP contribution in [0.15, 0.2) is 23.0 Å². The predicted octanol–water partition coefficient (Wildman–Crippen LogP) is 3.90. The summed E-state index contributed by atoms with van der Waals surface area (Å²) in [6.45, 7) is 1.58. The highest BCUT2D eigenvalue weighted by Crippen LogP contribution is 2.36. The highest BCUT2D eigenvalue weighted by Gasteiger charge is 2.36. The molecule has 0 aliphatic carbocycles. The quantitative estimate of drug-likeness (QED) is 0.462. The van der Waals surface area contributed by atoms with Crippen molar-refractivity contribution in [2.24, 2.45) is 7.05 Å². The number of halogens is 5. The van der Waals surface area contributed by atoms with Crippen LogP contribution in [0.3, 0.4) is 0 Å². The lowest BCUT2D eigenvalue weighted by Gasteiger charge is -2.34. The van der Waals surface area contributed by atoms with Crippen molar-refractivity contribution in [3.8, 4) is 5.82 Å². The fourth-order valence-corrected chi connectivity index (χ4v) is 5.04. The SMILES string of the molecule is CNC(=O)c1nn(C)c(-n2c(=S)[nH]c3c(c2=O)C[C@@H](C)N(C(=O)c2ccc(Cl)c(C(F)(F)F)c2)C3)c1Cl. The van der Waals surface area contributed by atoms with Crippen LogP contribution in [0.25, 0.3) is 5.82 Å². The second-order valence-electron chi connectivity index (χ2n) is 8.40. The summed E-state index contributed by atoms with van der Waals surface area (Å²) in [6, 6.07) is 2.41. The van der Waals surface area contributed by atoms with Crippen LogP contribution in [-0.2, 0) is 26.2 Å². The highest BCUT2D eigenvalue weighted by molar-refractivity contribution is 7.71. The molecule has 1 atom stereocenters. The van der Waals surface area contributed by atoms with E-state index in [0.717, 1.165) is 10.6 Å². The van der Waals surface area contributed by atoms with Gasteiger partial charge >= 0.3 is 6.18 Å². The van der Waals surface area contributed by atoms with E-state index >= 15 is 0 Å². The molecule has 0 bridgehead atoms. The van der Waals surface area contributed by atoms with Gasteiger partial charge in [-0.25, -0.2) is 9.25 Å². The number of aromatic nitrogens is 4. The number of alkyl halides is 3. The molecule has 0 radical (unpaired) electrons. The first-order valence-electron chi connectivity index (χ1n) is 10.8. The molecule has 3 aromatic rings. The van der Waals surface area contributed by atoms with Crippen molar-refractivity contribution in [1.82, 2.24) is 29.5 Å². The summed E-state index contributed by atoms with van der Waals surface area (Å²) in [5.41, 5.74) is -1.26. The molecule has 2 N–H and O–H groups in total. The van der Waals surface area contributed by atoms with Crippen LogP contribution in [-0.4, -0.2) is 49.1 Å². The van der Waals surface area contributed by atoms with Crippen LogP contribution in [0.1, 0.15) is 44.6 Å². The van der Waals surface area contributed by atoms with Gasteiger partial charge in [0.05, 0.1) is 17.1 Å². The molecule has 1 aliphatic heterocycles. The molecule has 3 heterocycles. The molecule has 4 rings (SSSR count). The molecule has 0 fully saturated rings. The van der Waals surface area contributed by atoms with Gasteiger partial charge in [0.15, 0.2) is 16.3 Å². The number of nitrogens with zero attached hydrogens (tertiary/aromatic N) is 4. The zero-order chi connectivity index (χ0) is 27.4. The van der Waals surface area contributed by atoms with E-state index in [2.05, 4.69) is 15.4 Å². The van der Waals surface area contributed by atoms with Gasteiger partial charge < -0.3 is 15.2 Å². The van der Waals surface area contributed by atoms with Gasteiger partial charge in [-0.3, -0.25) is 14.4 Å². The Bertz CT molecular complexity index is 1560. The Balaban J connectivity index is 1.75. The summed E-state index contributed by atoms with van der Waals surface area (Å²) >= 11 is 17.4. The zero-order valence-corrected chi connectivity index (χ0v) is 21.9. The molecule has 0 saturated heterocycles. The molecule has 37 heavy (non-hydrogen) atoms. The van der Waals surface area contributed by atoms with E-state index in [4.69, 9.17) is 35.4 Å². The second kappa shape index (κ2) is 9.62. The Morgan fingerprint density at radius 1 is 1.27 bits per heavy atom. The maximum absolute atomic E-state index is 13.5. The largest absolute Gasteiger partial charge is 0.417 e. The lowest BCUT2D eigenvalue weighted by atomic mass is 9.98. The highest BCUT2D eigenvalue weighted by atomic mass is 35.5. The van der Waals surface area contributed by atoms with Gasteiger partial charge in [-0.15, -0.1) is 0 Å². The number of fused-ring (bicyclic) bond motifs is 1. The van der Waals surface area contributed by atoms with Gasteiger partial charge in [0.1, 0.15) is 5.02 Å². The predicted molar refractivity (Wildman–Crippen MR) is 132 cm³/mol. The van der Waals surface area contributed by atoms with Crippen LogP contribution in [0, 0.1) is 4.77 Å². The molecule has 9 nitrogen and oxygen atoms in total. The minimum Gasteiger partial charge on any atom is -0.354 e. The Labute approximate surface area is 222 Å². The summed E-state index contributed by atoms with van der Waals surface area (Å²) in [7, 11) is 2.91. The van der Waals surface area contributed by atoms with Gasteiger partial charge in [-0.1, -0.05) is 23.2 Å². The van der Waals surface area contributed by atoms with Gasteiger partial charge in [0, 0.05) is 37.0 Å². The van der Waals surface area contributed by atoms with Crippen LogP contribution in [0.5, 0.6) is 0 Å². The van der Waals surface area contributed by atoms with E-state index in [-0.39, 0.29) is 39.8 Å². The van der Waals surface area contributed by atoms with Crippen molar-refractivity contribution in [3.05, 3.63) is 71.4 Å². The van der Waals surface area contributed by atoms with Gasteiger partial charge in [0.25, 0.3) is 17.4 Å². The van der Waals surface area contributed by atoms with Crippen molar-refractivity contribution in [1.29, 1.82) is 0 Å². The Morgan fingerprint density at radius 2 is 1.95 bits per heavy atom. The topological polar surface area (TPSA) is 105 Å². The molecule has 196 valence electrons. The zero-order valence-electron chi connectivity index (χ0n) is 19.5. The standard InChI is InChI=1S/C22H19Cl2F3N6O3S/c1-9-6-11-14(8-32(9)19(35)10-4-5-13(23)12(7-10)22(25,26)27)29-21(37)33(20(11)36)18-15(24)16(17(34)28-2)30-31(18)3/h4-5,7,9H,6,8H2,1-3H3,(H,28,34)(H,29,37)/t9-/m1/s1. The number of hydrogen-bond acceptors (Lipinski definition) is 5. The van der Waals surface area contributed by atoms with E-state index in [1.165, 1.54) is 29.7 Å². The van der Waals surface area contributed by atoms with Crippen molar-refractivity contribution in [3.63, 3.8) is 0 Å². The minimum atomic E-state index is -4.73. The second-order valence-corrected chi connectivity index (χ2v) is 9.57. The summed E-state index contributed by atoms with van der Waals surface area (Å²) < 4.78 is 42.2. The van der Waals surface area contributed by atoms with E-state index in [0.29, 0.717) is 17.3 Å². The third-order valence-electron chi connectivity index (χ3n) is 6.04. The summed E-state index contributed by atoms with van der Waals surface area (Å²) in [5, 5.41) is 5.90. The monoisotopic (exact) mass is 574 g/mol. The summed E-state index contributed by atoms with van der Waals surface area (Å²) in [4.78, 5) is 43.0. The number of hydrogen-bond donors (Lipinski definition) is 2. The first-order chi connectivity index (χ1) is 17.3. The fraction of sp³-hybridized carbons (Fsp3) is 0.318. The molecule has 0 saturated carbocycles. The van der Waals surface area contributed by atoms with Crippen molar-refractivity contribution >= 4 is 47.2 Å². The average Bonchev–Trinajstić information content (AvgIpc) is 3.12. The number of carbonyl (C=O) groups is 2. The summed E-state index contributed by atoms with van der Waals surface area (Å²) in [5.74, 6) is -1.12. The number of amides is 2. The molecule has 0 spiro atoms. The molecule has 1 aromatic carbocycles. The van der Waals surface area contributed by atoms with Crippen LogP contribution in [0.4, 0.5) is 13.2 Å². The van der Waals surface area contributed by atoms with E-state index in [1.807, 2.05) is 0 Å². The number of carbonyl (C=O) groups excluding carboxylic acids is 2. The number of nitrogens with one attached hydrogen (secondary N) is 2. The number of benzene rings is 1. The maximum Gasteiger partial charge on any atom is 0.417 e. The normalized spacial score (nSPS) is 15.5. The smallest absolute Gasteiger partial charge is 0.354 e. The van der Waals surface area contributed by atoms with Crippen molar-refractivity contribution in [2.45, 2.75) is 32.1 Å². The first-order valence-corrected chi connectivity index (χ1v) is 11.9. The third kappa shape index (κ3) is 4.66. The van der Waals surface area contributed by atoms with Crippen molar-refractivity contribution < 1.29 is 22.8 Å². The molecule has 0 unspecified atom stereocenters. The average molecular weight is 575 g/mol. The van der Waals surface area contributed by atoms with Crippen LogP contribution >= 0.6 is 35.4 Å².